The standard InChI is InChI=1S/C17H26BrNO/c1-3-13-8-9-16(11-13,12-19)17(20,4-2)14-6-5-7-15(18)10-14/h5-7,10,13,20H,3-4,8-9,11-12,19H2,1-2H3. The molecule has 0 bridgehead atoms. The molecule has 2 rings (SSSR count). The van der Waals surface area contributed by atoms with E-state index in [1.54, 1.807) is 0 Å². The smallest absolute Gasteiger partial charge is 0.0962 e. The van der Waals surface area contributed by atoms with Gasteiger partial charge in [0, 0.05) is 16.4 Å². The van der Waals surface area contributed by atoms with Crippen LogP contribution in [0.25, 0.3) is 0 Å². The van der Waals surface area contributed by atoms with Crippen LogP contribution in [0.4, 0.5) is 0 Å². The van der Waals surface area contributed by atoms with E-state index in [1.807, 2.05) is 24.3 Å². The lowest BCUT2D eigenvalue weighted by Crippen LogP contribution is -2.48. The summed E-state index contributed by atoms with van der Waals surface area (Å²) in [6, 6.07) is 8.07. The van der Waals surface area contributed by atoms with Gasteiger partial charge in [-0.2, -0.15) is 0 Å². The molecular formula is C17H26BrNO. The number of hydrogen-bond donors (Lipinski definition) is 2. The number of halogens is 1. The molecule has 1 aliphatic carbocycles. The van der Waals surface area contributed by atoms with E-state index in [9.17, 15) is 5.11 Å². The summed E-state index contributed by atoms with van der Waals surface area (Å²) in [6.07, 6.45) is 5.14. The SMILES string of the molecule is CCC1CCC(CN)(C(O)(CC)c2cccc(Br)c2)C1. The third-order valence-electron chi connectivity index (χ3n) is 5.37. The van der Waals surface area contributed by atoms with Crippen LogP contribution in [-0.4, -0.2) is 11.7 Å². The largest absolute Gasteiger partial charge is 0.385 e. The van der Waals surface area contributed by atoms with Gasteiger partial charge in [0.25, 0.3) is 0 Å². The summed E-state index contributed by atoms with van der Waals surface area (Å²) in [7, 11) is 0. The molecular weight excluding hydrogens is 314 g/mol. The van der Waals surface area contributed by atoms with Gasteiger partial charge >= 0.3 is 0 Å². The van der Waals surface area contributed by atoms with Crippen molar-refractivity contribution in [1.29, 1.82) is 0 Å². The highest BCUT2D eigenvalue weighted by Gasteiger charge is 2.52. The highest BCUT2D eigenvalue weighted by Crippen LogP contribution is 2.55. The van der Waals surface area contributed by atoms with Crippen LogP contribution >= 0.6 is 15.9 Å². The second-order valence-corrected chi connectivity index (χ2v) is 7.14. The lowest BCUT2D eigenvalue weighted by atomic mass is 9.65. The second kappa shape index (κ2) is 6.17. The third-order valence-corrected chi connectivity index (χ3v) is 5.86. The zero-order chi connectivity index (χ0) is 14.8. The summed E-state index contributed by atoms with van der Waals surface area (Å²) in [5.74, 6) is 0.698. The van der Waals surface area contributed by atoms with Crippen LogP contribution in [0.3, 0.4) is 0 Å². The van der Waals surface area contributed by atoms with Crippen molar-refractivity contribution >= 4 is 15.9 Å². The van der Waals surface area contributed by atoms with E-state index in [2.05, 4.69) is 29.8 Å². The molecule has 20 heavy (non-hydrogen) atoms. The fourth-order valence-electron chi connectivity index (χ4n) is 3.95. The first-order valence-corrected chi connectivity index (χ1v) is 8.49. The van der Waals surface area contributed by atoms with E-state index < -0.39 is 5.60 Å². The van der Waals surface area contributed by atoms with Gasteiger partial charge in [0.05, 0.1) is 5.60 Å². The molecule has 1 fully saturated rings. The summed E-state index contributed by atoms with van der Waals surface area (Å²) in [6.45, 7) is 4.86. The third kappa shape index (κ3) is 2.56. The Kier molecular flexibility index (Phi) is 4.93. The van der Waals surface area contributed by atoms with Gasteiger partial charge in [0.1, 0.15) is 0 Å². The maximum absolute atomic E-state index is 11.5. The van der Waals surface area contributed by atoms with Crippen LogP contribution in [0.1, 0.15) is 51.5 Å². The molecule has 3 N–H and O–H groups in total. The molecule has 112 valence electrons. The first-order chi connectivity index (χ1) is 9.51. The Labute approximate surface area is 130 Å². The fourth-order valence-corrected chi connectivity index (χ4v) is 4.35. The maximum atomic E-state index is 11.5. The predicted octanol–water partition coefficient (Wildman–Crippen LogP) is 4.20. The molecule has 3 unspecified atom stereocenters. The Hall–Kier alpha value is -0.380. The minimum Gasteiger partial charge on any atom is -0.385 e. The van der Waals surface area contributed by atoms with Gasteiger partial charge in [0.2, 0.25) is 0 Å². The molecule has 0 heterocycles. The number of rotatable bonds is 5. The minimum absolute atomic E-state index is 0.177. The Morgan fingerprint density at radius 1 is 1.45 bits per heavy atom. The van der Waals surface area contributed by atoms with Gasteiger partial charge in [-0.05, 0) is 49.3 Å². The summed E-state index contributed by atoms with van der Waals surface area (Å²) < 4.78 is 1.01. The fraction of sp³-hybridized carbons (Fsp3) is 0.647. The van der Waals surface area contributed by atoms with Gasteiger partial charge in [0.15, 0.2) is 0 Å². The highest BCUT2D eigenvalue weighted by atomic mass is 79.9. The lowest BCUT2D eigenvalue weighted by molar-refractivity contribution is -0.0903. The molecule has 0 saturated heterocycles. The summed E-state index contributed by atoms with van der Waals surface area (Å²) in [4.78, 5) is 0. The molecule has 3 heteroatoms. The number of nitrogens with two attached hydrogens (primary N) is 1. The first-order valence-electron chi connectivity index (χ1n) is 7.70. The number of hydrogen-bond acceptors (Lipinski definition) is 2. The summed E-state index contributed by atoms with van der Waals surface area (Å²) >= 11 is 3.52. The Bertz CT molecular complexity index is 464. The molecule has 2 nitrogen and oxygen atoms in total. The van der Waals surface area contributed by atoms with Crippen molar-refractivity contribution in [3.63, 3.8) is 0 Å². The van der Waals surface area contributed by atoms with Crippen LogP contribution in [-0.2, 0) is 5.60 Å². The van der Waals surface area contributed by atoms with Gasteiger partial charge in [-0.1, -0.05) is 48.3 Å². The molecule has 0 amide bonds. The second-order valence-electron chi connectivity index (χ2n) is 6.23. The Balaban J connectivity index is 2.43. The monoisotopic (exact) mass is 339 g/mol. The van der Waals surface area contributed by atoms with Crippen molar-refractivity contribution in [3.05, 3.63) is 34.3 Å². The zero-order valence-corrected chi connectivity index (χ0v) is 14.1. The Morgan fingerprint density at radius 3 is 2.70 bits per heavy atom. The van der Waals surface area contributed by atoms with E-state index in [-0.39, 0.29) is 5.41 Å². The van der Waals surface area contributed by atoms with Crippen LogP contribution in [0.15, 0.2) is 28.7 Å². The van der Waals surface area contributed by atoms with Gasteiger partial charge in [-0.15, -0.1) is 0 Å². The molecule has 3 atom stereocenters. The molecule has 1 aliphatic rings. The first kappa shape index (κ1) is 16.0. The van der Waals surface area contributed by atoms with Gasteiger partial charge < -0.3 is 10.8 Å². The molecule has 0 radical (unpaired) electrons. The predicted molar refractivity (Wildman–Crippen MR) is 87.4 cm³/mol. The van der Waals surface area contributed by atoms with E-state index in [0.29, 0.717) is 18.9 Å². The molecule has 0 spiro atoms. The van der Waals surface area contributed by atoms with Crippen molar-refractivity contribution in [2.45, 2.75) is 51.6 Å². The normalized spacial score (nSPS) is 29.4. The molecule has 0 aromatic heterocycles. The van der Waals surface area contributed by atoms with Crippen molar-refractivity contribution in [3.8, 4) is 0 Å². The van der Waals surface area contributed by atoms with Crippen LogP contribution in [0, 0.1) is 11.3 Å². The van der Waals surface area contributed by atoms with Crippen molar-refractivity contribution in [2.24, 2.45) is 17.1 Å². The summed E-state index contributed by atoms with van der Waals surface area (Å²) in [5, 5.41) is 11.5. The topological polar surface area (TPSA) is 46.2 Å². The molecule has 0 aliphatic heterocycles. The number of aliphatic hydroxyl groups is 1. The van der Waals surface area contributed by atoms with Gasteiger partial charge in [-0.3, -0.25) is 0 Å². The average molecular weight is 340 g/mol. The zero-order valence-electron chi connectivity index (χ0n) is 12.5. The highest BCUT2D eigenvalue weighted by molar-refractivity contribution is 9.10. The number of benzene rings is 1. The minimum atomic E-state index is -0.824. The average Bonchev–Trinajstić information content (AvgIpc) is 2.91. The molecule has 1 aromatic rings. The van der Waals surface area contributed by atoms with Crippen molar-refractivity contribution < 1.29 is 5.11 Å². The van der Waals surface area contributed by atoms with Crippen molar-refractivity contribution in [1.82, 2.24) is 0 Å². The molecule has 1 aromatic carbocycles. The van der Waals surface area contributed by atoms with E-state index in [0.717, 1.165) is 22.9 Å². The van der Waals surface area contributed by atoms with Crippen LogP contribution < -0.4 is 5.73 Å². The Morgan fingerprint density at radius 2 is 2.20 bits per heavy atom. The maximum Gasteiger partial charge on any atom is 0.0962 e. The van der Waals surface area contributed by atoms with E-state index in [1.165, 1.54) is 12.8 Å². The molecule has 1 saturated carbocycles. The van der Waals surface area contributed by atoms with Crippen molar-refractivity contribution in [2.75, 3.05) is 6.54 Å². The quantitative estimate of drug-likeness (QED) is 0.844. The van der Waals surface area contributed by atoms with E-state index >= 15 is 0 Å². The van der Waals surface area contributed by atoms with Crippen LogP contribution in [0.2, 0.25) is 0 Å². The van der Waals surface area contributed by atoms with Crippen LogP contribution in [0.5, 0.6) is 0 Å². The summed E-state index contributed by atoms with van der Waals surface area (Å²) in [5.41, 5.74) is 6.15. The lowest BCUT2D eigenvalue weighted by Gasteiger charge is -2.45. The van der Waals surface area contributed by atoms with Gasteiger partial charge in [-0.25, -0.2) is 0 Å². The van der Waals surface area contributed by atoms with E-state index in [4.69, 9.17) is 5.73 Å².